The fraction of sp³-hybridized carbons (Fsp3) is 1.00. The summed E-state index contributed by atoms with van der Waals surface area (Å²) >= 11 is 0. The average Bonchev–Trinajstić information content (AvgIpc) is 2.26. The standard InChI is InChI=1S/C9H17FN2/c1-6(2)12-4-7-3-8(10)9(5-12)11-7/h6-9,11H,3-5H2,1-2H3/t7-,8-,9-/m0/s1. The molecule has 2 saturated heterocycles. The van der Waals surface area contributed by atoms with E-state index in [0.29, 0.717) is 18.5 Å². The predicted octanol–water partition coefficient (Wildman–Crippen LogP) is 0.779. The van der Waals surface area contributed by atoms with Gasteiger partial charge in [0.25, 0.3) is 0 Å². The first-order valence-electron chi connectivity index (χ1n) is 4.81. The topological polar surface area (TPSA) is 15.3 Å². The summed E-state index contributed by atoms with van der Waals surface area (Å²) in [6.45, 7) is 6.26. The van der Waals surface area contributed by atoms with Crippen molar-refractivity contribution in [2.45, 2.75) is 44.6 Å². The molecule has 0 aromatic carbocycles. The molecule has 2 fully saturated rings. The fourth-order valence-corrected chi connectivity index (χ4v) is 2.24. The number of nitrogens with zero attached hydrogens (tertiary/aromatic N) is 1. The van der Waals surface area contributed by atoms with Crippen LogP contribution in [-0.2, 0) is 0 Å². The molecule has 3 heteroatoms. The van der Waals surface area contributed by atoms with Gasteiger partial charge in [0.1, 0.15) is 6.17 Å². The van der Waals surface area contributed by atoms with Crippen molar-refractivity contribution in [1.29, 1.82) is 0 Å². The summed E-state index contributed by atoms with van der Waals surface area (Å²) in [5.74, 6) is 0. The van der Waals surface area contributed by atoms with Crippen LogP contribution in [-0.4, -0.2) is 42.3 Å². The Bertz CT molecular complexity index is 170. The molecule has 1 N–H and O–H groups in total. The third-order valence-electron chi connectivity index (χ3n) is 3.01. The van der Waals surface area contributed by atoms with Crippen molar-refractivity contribution in [1.82, 2.24) is 10.2 Å². The molecule has 0 unspecified atom stereocenters. The monoisotopic (exact) mass is 172 g/mol. The summed E-state index contributed by atoms with van der Waals surface area (Å²) in [6.07, 6.45) is 0.104. The van der Waals surface area contributed by atoms with Gasteiger partial charge in [0.05, 0.1) is 6.04 Å². The number of alkyl halides is 1. The van der Waals surface area contributed by atoms with E-state index in [4.69, 9.17) is 0 Å². The van der Waals surface area contributed by atoms with Gasteiger partial charge in [0.2, 0.25) is 0 Å². The van der Waals surface area contributed by atoms with Crippen LogP contribution in [0.5, 0.6) is 0 Å². The zero-order valence-corrected chi connectivity index (χ0v) is 7.76. The van der Waals surface area contributed by atoms with Crippen LogP contribution in [0.15, 0.2) is 0 Å². The highest BCUT2D eigenvalue weighted by Gasteiger charge is 2.40. The normalized spacial score (nSPS) is 42.5. The molecular weight excluding hydrogens is 155 g/mol. The summed E-state index contributed by atoms with van der Waals surface area (Å²) < 4.78 is 13.2. The van der Waals surface area contributed by atoms with Crippen LogP contribution >= 0.6 is 0 Å². The molecule has 0 aromatic rings. The number of halogens is 1. The molecule has 0 spiro atoms. The Morgan fingerprint density at radius 1 is 1.42 bits per heavy atom. The van der Waals surface area contributed by atoms with Gasteiger partial charge in [-0.3, -0.25) is 4.90 Å². The van der Waals surface area contributed by atoms with Crippen molar-refractivity contribution in [3.05, 3.63) is 0 Å². The van der Waals surface area contributed by atoms with Crippen molar-refractivity contribution in [2.24, 2.45) is 0 Å². The molecule has 2 aliphatic heterocycles. The minimum atomic E-state index is -0.612. The zero-order valence-electron chi connectivity index (χ0n) is 7.76. The van der Waals surface area contributed by atoms with Crippen LogP contribution < -0.4 is 5.32 Å². The summed E-state index contributed by atoms with van der Waals surface area (Å²) in [6, 6.07) is 1.06. The van der Waals surface area contributed by atoms with Gasteiger partial charge in [-0.15, -0.1) is 0 Å². The number of nitrogens with one attached hydrogen (secondary N) is 1. The maximum absolute atomic E-state index is 13.2. The molecule has 70 valence electrons. The van der Waals surface area contributed by atoms with Gasteiger partial charge in [-0.2, -0.15) is 0 Å². The summed E-state index contributed by atoms with van der Waals surface area (Å²) in [5, 5.41) is 3.31. The Labute approximate surface area is 73.1 Å². The SMILES string of the molecule is CC(C)N1C[C@@H]2C[C@H](F)[C@H](C1)N2. The molecule has 3 atom stereocenters. The summed E-state index contributed by atoms with van der Waals surface area (Å²) in [4.78, 5) is 2.37. The van der Waals surface area contributed by atoms with Crippen LogP contribution in [0.25, 0.3) is 0 Å². The molecule has 0 aliphatic carbocycles. The lowest BCUT2D eigenvalue weighted by Crippen LogP contribution is -2.54. The maximum Gasteiger partial charge on any atom is 0.118 e. The van der Waals surface area contributed by atoms with E-state index in [9.17, 15) is 4.39 Å². The number of piperazine rings is 1. The smallest absolute Gasteiger partial charge is 0.118 e. The second kappa shape index (κ2) is 2.96. The van der Waals surface area contributed by atoms with Gasteiger partial charge >= 0.3 is 0 Å². The van der Waals surface area contributed by atoms with E-state index in [0.717, 1.165) is 13.1 Å². The van der Waals surface area contributed by atoms with E-state index in [1.807, 2.05) is 0 Å². The summed E-state index contributed by atoms with van der Waals surface area (Å²) in [7, 11) is 0. The highest BCUT2D eigenvalue weighted by Crippen LogP contribution is 2.24. The van der Waals surface area contributed by atoms with Gasteiger partial charge in [-0.05, 0) is 20.3 Å². The van der Waals surface area contributed by atoms with E-state index in [2.05, 4.69) is 24.1 Å². The van der Waals surface area contributed by atoms with Crippen molar-refractivity contribution >= 4 is 0 Å². The number of likely N-dealkylation sites (tertiary alicyclic amines) is 1. The zero-order chi connectivity index (χ0) is 8.72. The molecule has 2 nitrogen and oxygen atoms in total. The number of rotatable bonds is 1. The number of hydrogen-bond donors (Lipinski definition) is 1. The number of hydrogen-bond acceptors (Lipinski definition) is 2. The molecule has 0 aromatic heterocycles. The lowest BCUT2D eigenvalue weighted by molar-refractivity contribution is 0.146. The van der Waals surface area contributed by atoms with Crippen LogP contribution in [0.4, 0.5) is 4.39 Å². The molecular formula is C9H17FN2. The third-order valence-corrected chi connectivity index (χ3v) is 3.01. The second-order valence-corrected chi connectivity index (χ2v) is 4.27. The second-order valence-electron chi connectivity index (χ2n) is 4.27. The lowest BCUT2D eigenvalue weighted by atomic mass is 10.2. The van der Waals surface area contributed by atoms with E-state index in [-0.39, 0.29) is 6.04 Å². The highest BCUT2D eigenvalue weighted by atomic mass is 19.1. The molecule has 2 bridgehead atoms. The van der Waals surface area contributed by atoms with Gasteiger partial charge in [-0.1, -0.05) is 0 Å². The molecule has 2 aliphatic rings. The lowest BCUT2D eigenvalue weighted by Gasteiger charge is -2.35. The largest absolute Gasteiger partial charge is 0.306 e. The first kappa shape index (κ1) is 8.45. The van der Waals surface area contributed by atoms with Crippen LogP contribution in [0.3, 0.4) is 0 Å². The van der Waals surface area contributed by atoms with Gasteiger partial charge in [0.15, 0.2) is 0 Å². The van der Waals surface area contributed by atoms with Crippen molar-refractivity contribution < 1.29 is 4.39 Å². The molecule has 0 radical (unpaired) electrons. The fourth-order valence-electron chi connectivity index (χ4n) is 2.24. The Morgan fingerprint density at radius 3 is 2.75 bits per heavy atom. The van der Waals surface area contributed by atoms with Gasteiger partial charge in [0, 0.05) is 25.2 Å². The van der Waals surface area contributed by atoms with Crippen LogP contribution in [0.2, 0.25) is 0 Å². The van der Waals surface area contributed by atoms with E-state index >= 15 is 0 Å². The Hall–Kier alpha value is -0.150. The van der Waals surface area contributed by atoms with Crippen LogP contribution in [0.1, 0.15) is 20.3 Å². The van der Waals surface area contributed by atoms with Gasteiger partial charge < -0.3 is 5.32 Å². The minimum Gasteiger partial charge on any atom is -0.306 e. The first-order valence-corrected chi connectivity index (χ1v) is 4.81. The first-order chi connectivity index (χ1) is 5.66. The predicted molar refractivity (Wildman–Crippen MR) is 46.9 cm³/mol. The molecule has 12 heavy (non-hydrogen) atoms. The average molecular weight is 172 g/mol. The van der Waals surface area contributed by atoms with E-state index in [1.54, 1.807) is 0 Å². The van der Waals surface area contributed by atoms with E-state index in [1.165, 1.54) is 0 Å². The van der Waals surface area contributed by atoms with E-state index < -0.39 is 6.17 Å². The molecule has 2 rings (SSSR count). The summed E-state index contributed by atoms with van der Waals surface area (Å²) in [5.41, 5.74) is 0. The van der Waals surface area contributed by atoms with Crippen molar-refractivity contribution in [2.75, 3.05) is 13.1 Å². The quantitative estimate of drug-likeness (QED) is 0.629. The Kier molecular flexibility index (Phi) is 2.09. The molecule has 2 heterocycles. The minimum absolute atomic E-state index is 0.103. The Morgan fingerprint density at radius 2 is 2.17 bits per heavy atom. The molecule has 0 saturated carbocycles. The Balaban J connectivity index is 2.01. The maximum atomic E-state index is 13.2. The van der Waals surface area contributed by atoms with Gasteiger partial charge in [-0.25, -0.2) is 4.39 Å². The number of fused-ring (bicyclic) bond motifs is 2. The molecule has 0 amide bonds. The van der Waals surface area contributed by atoms with Crippen molar-refractivity contribution in [3.63, 3.8) is 0 Å². The highest BCUT2D eigenvalue weighted by molar-refractivity contribution is 4.99. The third kappa shape index (κ3) is 1.36. The van der Waals surface area contributed by atoms with Crippen molar-refractivity contribution in [3.8, 4) is 0 Å². The van der Waals surface area contributed by atoms with Crippen LogP contribution in [0, 0.1) is 0 Å².